The molecule has 0 atom stereocenters. The Morgan fingerprint density at radius 3 is 2.82 bits per heavy atom. The lowest BCUT2D eigenvalue weighted by Crippen LogP contribution is -2.38. The SMILES string of the molecule is CCc1noc(C)c1C(=O)Nc1ccc2c(ccn2CCN2CCOCC2)c1. The van der Waals surface area contributed by atoms with Crippen LogP contribution >= 0.6 is 0 Å². The number of aromatic nitrogens is 2. The van der Waals surface area contributed by atoms with Crippen molar-refractivity contribution in [1.29, 1.82) is 0 Å². The van der Waals surface area contributed by atoms with Crippen LogP contribution in [0.3, 0.4) is 0 Å². The molecule has 2 aromatic heterocycles. The number of carbonyl (C=O) groups excluding carboxylic acids is 1. The van der Waals surface area contributed by atoms with Gasteiger partial charge in [0.2, 0.25) is 0 Å². The van der Waals surface area contributed by atoms with Crippen LogP contribution in [-0.2, 0) is 17.7 Å². The van der Waals surface area contributed by atoms with Gasteiger partial charge in [0, 0.05) is 49.0 Å². The van der Waals surface area contributed by atoms with Gasteiger partial charge in [-0.1, -0.05) is 12.1 Å². The first-order valence-corrected chi connectivity index (χ1v) is 9.81. The molecule has 0 radical (unpaired) electrons. The first-order valence-electron chi connectivity index (χ1n) is 9.81. The van der Waals surface area contributed by atoms with E-state index in [1.165, 1.54) is 5.52 Å². The molecule has 1 amide bonds. The molecule has 0 bridgehead atoms. The number of carbonyl (C=O) groups is 1. The summed E-state index contributed by atoms with van der Waals surface area (Å²) in [5.74, 6) is 0.367. The van der Waals surface area contributed by atoms with Gasteiger partial charge >= 0.3 is 0 Å². The number of aryl methyl sites for hydroxylation is 2. The monoisotopic (exact) mass is 382 g/mol. The molecular weight excluding hydrogens is 356 g/mol. The Balaban J connectivity index is 1.46. The van der Waals surface area contributed by atoms with Crippen LogP contribution in [0.1, 0.15) is 28.7 Å². The minimum absolute atomic E-state index is 0.179. The highest BCUT2D eigenvalue weighted by molar-refractivity contribution is 6.06. The summed E-state index contributed by atoms with van der Waals surface area (Å²) in [7, 11) is 0. The second-order valence-corrected chi connectivity index (χ2v) is 7.10. The van der Waals surface area contributed by atoms with Gasteiger partial charge in [-0.25, -0.2) is 0 Å². The number of benzene rings is 1. The van der Waals surface area contributed by atoms with E-state index in [1.807, 2.05) is 19.1 Å². The third-order valence-electron chi connectivity index (χ3n) is 5.29. The molecule has 28 heavy (non-hydrogen) atoms. The molecule has 7 nitrogen and oxygen atoms in total. The molecule has 1 aromatic carbocycles. The summed E-state index contributed by atoms with van der Waals surface area (Å²) in [6.45, 7) is 9.31. The molecule has 148 valence electrons. The van der Waals surface area contributed by atoms with Gasteiger partial charge in [-0.3, -0.25) is 9.69 Å². The molecule has 1 saturated heterocycles. The number of amides is 1. The van der Waals surface area contributed by atoms with Gasteiger partial charge in [-0.2, -0.15) is 0 Å². The maximum atomic E-state index is 12.7. The third-order valence-corrected chi connectivity index (χ3v) is 5.29. The van der Waals surface area contributed by atoms with Crippen molar-refractivity contribution in [2.75, 3.05) is 38.2 Å². The van der Waals surface area contributed by atoms with Crippen molar-refractivity contribution in [3.63, 3.8) is 0 Å². The molecule has 7 heteroatoms. The fraction of sp³-hybridized carbons (Fsp3) is 0.429. The molecule has 1 aliphatic heterocycles. The van der Waals surface area contributed by atoms with Crippen LogP contribution in [0.4, 0.5) is 5.69 Å². The number of anilines is 1. The van der Waals surface area contributed by atoms with Crippen LogP contribution in [0.2, 0.25) is 0 Å². The van der Waals surface area contributed by atoms with Crippen molar-refractivity contribution in [2.45, 2.75) is 26.8 Å². The van der Waals surface area contributed by atoms with Gasteiger partial charge in [0.1, 0.15) is 11.3 Å². The minimum atomic E-state index is -0.179. The van der Waals surface area contributed by atoms with E-state index < -0.39 is 0 Å². The number of nitrogens with one attached hydrogen (secondary N) is 1. The molecule has 0 unspecified atom stereocenters. The molecule has 0 saturated carbocycles. The van der Waals surface area contributed by atoms with Crippen LogP contribution < -0.4 is 5.32 Å². The first-order chi connectivity index (χ1) is 13.7. The van der Waals surface area contributed by atoms with Gasteiger partial charge in [-0.05, 0) is 37.6 Å². The van der Waals surface area contributed by atoms with Crippen molar-refractivity contribution in [2.24, 2.45) is 0 Å². The van der Waals surface area contributed by atoms with E-state index in [2.05, 4.69) is 38.3 Å². The minimum Gasteiger partial charge on any atom is -0.379 e. The summed E-state index contributed by atoms with van der Waals surface area (Å²) in [6.07, 6.45) is 2.77. The number of ether oxygens (including phenoxy) is 1. The Kier molecular flexibility index (Phi) is 5.45. The molecule has 0 spiro atoms. The van der Waals surface area contributed by atoms with Crippen LogP contribution in [0.15, 0.2) is 35.0 Å². The largest absolute Gasteiger partial charge is 0.379 e. The quantitative estimate of drug-likeness (QED) is 0.709. The van der Waals surface area contributed by atoms with E-state index in [1.54, 1.807) is 6.92 Å². The second-order valence-electron chi connectivity index (χ2n) is 7.10. The Morgan fingerprint density at radius 1 is 1.21 bits per heavy atom. The topological polar surface area (TPSA) is 72.5 Å². The maximum absolute atomic E-state index is 12.7. The molecule has 0 aliphatic carbocycles. The average molecular weight is 382 g/mol. The summed E-state index contributed by atoms with van der Waals surface area (Å²) >= 11 is 0. The second kappa shape index (κ2) is 8.16. The Labute approximate surface area is 164 Å². The molecule has 1 fully saturated rings. The maximum Gasteiger partial charge on any atom is 0.261 e. The fourth-order valence-corrected chi connectivity index (χ4v) is 3.69. The van der Waals surface area contributed by atoms with Crippen molar-refractivity contribution >= 4 is 22.5 Å². The van der Waals surface area contributed by atoms with Crippen molar-refractivity contribution in [3.05, 3.63) is 47.5 Å². The van der Waals surface area contributed by atoms with E-state index in [9.17, 15) is 4.79 Å². The Bertz CT molecular complexity index is 969. The van der Waals surface area contributed by atoms with Gasteiger partial charge in [0.05, 0.1) is 18.9 Å². The van der Waals surface area contributed by atoms with Gasteiger partial charge < -0.3 is 19.1 Å². The van der Waals surface area contributed by atoms with Gasteiger partial charge in [0.15, 0.2) is 0 Å². The lowest BCUT2D eigenvalue weighted by atomic mass is 10.1. The summed E-state index contributed by atoms with van der Waals surface area (Å²) in [4.78, 5) is 15.1. The first kappa shape index (κ1) is 18.7. The average Bonchev–Trinajstić information content (AvgIpc) is 3.29. The van der Waals surface area contributed by atoms with Gasteiger partial charge in [0.25, 0.3) is 5.91 Å². The van der Waals surface area contributed by atoms with Crippen LogP contribution in [-0.4, -0.2) is 53.4 Å². The van der Waals surface area contributed by atoms with E-state index in [4.69, 9.17) is 9.26 Å². The predicted octanol–water partition coefficient (Wildman–Crippen LogP) is 3.08. The molecular formula is C21H26N4O3. The molecule has 1 aliphatic rings. The number of morpholine rings is 1. The molecule has 4 rings (SSSR count). The highest BCUT2D eigenvalue weighted by Crippen LogP contribution is 2.22. The number of hydrogen-bond acceptors (Lipinski definition) is 5. The Morgan fingerprint density at radius 2 is 2.04 bits per heavy atom. The van der Waals surface area contributed by atoms with E-state index in [0.717, 1.165) is 50.5 Å². The lowest BCUT2D eigenvalue weighted by molar-refractivity contribution is 0.0365. The number of nitrogens with zero attached hydrogens (tertiary/aromatic N) is 3. The predicted molar refractivity (Wildman–Crippen MR) is 108 cm³/mol. The molecule has 3 aromatic rings. The molecule has 3 heterocycles. The number of hydrogen-bond donors (Lipinski definition) is 1. The van der Waals surface area contributed by atoms with Crippen LogP contribution in [0.5, 0.6) is 0 Å². The van der Waals surface area contributed by atoms with Crippen LogP contribution in [0, 0.1) is 6.92 Å². The fourth-order valence-electron chi connectivity index (χ4n) is 3.69. The number of fused-ring (bicyclic) bond motifs is 1. The summed E-state index contributed by atoms with van der Waals surface area (Å²) < 4.78 is 12.8. The lowest BCUT2D eigenvalue weighted by Gasteiger charge is -2.26. The summed E-state index contributed by atoms with van der Waals surface area (Å²) in [5.41, 5.74) is 3.16. The zero-order valence-corrected chi connectivity index (χ0v) is 16.4. The molecule has 1 N–H and O–H groups in total. The zero-order valence-electron chi connectivity index (χ0n) is 16.4. The van der Waals surface area contributed by atoms with Crippen molar-refractivity contribution in [3.8, 4) is 0 Å². The highest BCUT2D eigenvalue weighted by atomic mass is 16.5. The normalized spacial score (nSPS) is 15.2. The third kappa shape index (κ3) is 3.81. The van der Waals surface area contributed by atoms with Crippen molar-refractivity contribution < 1.29 is 14.1 Å². The van der Waals surface area contributed by atoms with E-state index in [0.29, 0.717) is 23.4 Å². The zero-order chi connectivity index (χ0) is 19.5. The number of rotatable bonds is 6. The van der Waals surface area contributed by atoms with Crippen LogP contribution in [0.25, 0.3) is 10.9 Å². The van der Waals surface area contributed by atoms with E-state index >= 15 is 0 Å². The van der Waals surface area contributed by atoms with Gasteiger partial charge in [-0.15, -0.1) is 0 Å². The summed E-state index contributed by atoms with van der Waals surface area (Å²) in [5, 5.41) is 8.04. The van der Waals surface area contributed by atoms with Crippen molar-refractivity contribution in [1.82, 2.24) is 14.6 Å². The summed E-state index contributed by atoms with van der Waals surface area (Å²) in [6, 6.07) is 8.10. The van der Waals surface area contributed by atoms with E-state index in [-0.39, 0.29) is 5.91 Å². The standard InChI is InChI=1S/C21H26N4O3/c1-3-18-20(15(2)28-23-18)21(26)22-17-4-5-19-16(14-17)6-7-25(19)9-8-24-10-12-27-13-11-24/h4-7,14H,3,8-13H2,1-2H3,(H,22,26). The highest BCUT2D eigenvalue weighted by Gasteiger charge is 2.19. The Hall–Kier alpha value is -2.64. The smallest absolute Gasteiger partial charge is 0.261 e.